The number of ether oxygens (including phenoxy) is 1. The zero-order valence-electron chi connectivity index (χ0n) is 16.9. The monoisotopic (exact) mass is 395 g/mol. The lowest BCUT2D eigenvalue weighted by Crippen LogP contribution is -2.31. The number of carbonyl (C=O) groups excluding carboxylic acids is 2. The Morgan fingerprint density at radius 3 is 2.21 bits per heavy atom. The minimum Gasteiger partial charge on any atom is -0.497 e. The molecule has 1 saturated heterocycles. The predicted octanol–water partition coefficient (Wildman–Crippen LogP) is 3.44. The first-order chi connectivity index (χ1) is 14.2. The minimum absolute atomic E-state index is 0.0921. The molecule has 0 saturated carbocycles. The van der Waals surface area contributed by atoms with Crippen LogP contribution < -0.4 is 15.4 Å². The van der Waals surface area contributed by atoms with E-state index < -0.39 is 0 Å². The highest BCUT2D eigenvalue weighted by Gasteiger charge is 2.17. The zero-order valence-corrected chi connectivity index (χ0v) is 16.9. The van der Waals surface area contributed by atoms with Gasteiger partial charge < -0.3 is 20.3 Å². The van der Waals surface area contributed by atoms with E-state index in [1.54, 1.807) is 7.11 Å². The van der Waals surface area contributed by atoms with Crippen molar-refractivity contribution in [2.24, 2.45) is 0 Å². The predicted molar refractivity (Wildman–Crippen MR) is 114 cm³/mol. The van der Waals surface area contributed by atoms with Crippen LogP contribution in [0.3, 0.4) is 0 Å². The summed E-state index contributed by atoms with van der Waals surface area (Å²) in [4.78, 5) is 26.6. The molecule has 1 aliphatic heterocycles. The van der Waals surface area contributed by atoms with Crippen molar-refractivity contribution in [2.45, 2.75) is 32.2 Å². The van der Waals surface area contributed by atoms with Crippen LogP contribution in [-0.4, -0.2) is 43.5 Å². The van der Waals surface area contributed by atoms with E-state index in [-0.39, 0.29) is 18.4 Å². The van der Waals surface area contributed by atoms with Gasteiger partial charge in [-0.05, 0) is 54.8 Å². The van der Waals surface area contributed by atoms with Crippen LogP contribution in [0, 0.1) is 0 Å². The number of hydrogen-bond acceptors (Lipinski definition) is 4. The van der Waals surface area contributed by atoms with Crippen molar-refractivity contribution in [3.8, 4) is 5.75 Å². The van der Waals surface area contributed by atoms with E-state index in [4.69, 9.17) is 4.74 Å². The number of nitrogens with one attached hydrogen (secondary N) is 2. The first-order valence-electron chi connectivity index (χ1n) is 10.2. The quantitative estimate of drug-likeness (QED) is 0.753. The average Bonchev–Trinajstić information content (AvgIpc) is 3.06. The fourth-order valence-electron chi connectivity index (χ4n) is 3.38. The van der Waals surface area contributed by atoms with Gasteiger partial charge >= 0.3 is 0 Å². The van der Waals surface area contributed by atoms with E-state index in [2.05, 4.69) is 10.6 Å². The zero-order chi connectivity index (χ0) is 20.5. The molecule has 6 nitrogen and oxygen atoms in total. The molecule has 1 heterocycles. The van der Waals surface area contributed by atoms with Crippen molar-refractivity contribution in [3.63, 3.8) is 0 Å². The highest BCUT2D eigenvalue weighted by atomic mass is 16.5. The summed E-state index contributed by atoms with van der Waals surface area (Å²) in [6.07, 6.45) is 4.56. The molecular weight excluding hydrogens is 366 g/mol. The van der Waals surface area contributed by atoms with E-state index in [9.17, 15) is 9.59 Å². The number of benzene rings is 2. The molecule has 6 heteroatoms. The Bertz CT molecular complexity index is 795. The molecule has 1 aliphatic rings. The van der Waals surface area contributed by atoms with Crippen molar-refractivity contribution in [3.05, 3.63) is 59.7 Å². The number of likely N-dealkylation sites (tertiary alicyclic amines) is 1. The standard InChI is InChI=1S/C23H29N3O3/c1-29-21-12-6-18(7-13-21)16-25-22(27)17-24-20-10-8-19(9-11-20)23(28)26-14-4-2-3-5-15-26/h6-13,24H,2-5,14-17H2,1H3,(H,25,27). The van der Waals surface area contributed by atoms with Gasteiger partial charge in [0.25, 0.3) is 5.91 Å². The van der Waals surface area contributed by atoms with E-state index in [0.717, 1.165) is 42.9 Å². The first kappa shape index (κ1) is 20.7. The van der Waals surface area contributed by atoms with E-state index in [1.807, 2.05) is 53.4 Å². The molecule has 2 aromatic rings. The van der Waals surface area contributed by atoms with Gasteiger partial charge in [-0.1, -0.05) is 25.0 Å². The molecule has 1 fully saturated rings. The molecule has 0 atom stereocenters. The summed E-state index contributed by atoms with van der Waals surface area (Å²) in [6, 6.07) is 14.9. The minimum atomic E-state index is -0.0921. The molecule has 2 aromatic carbocycles. The molecule has 2 N–H and O–H groups in total. The van der Waals surface area contributed by atoms with Crippen LogP contribution in [0.4, 0.5) is 5.69 Å². The van der Waals surface area contributed by atoms with Crippen LogP contribution >= 0.6 is 0 Å². The summed E-state index contributed by atoms with van der Waals surface area (Å²) < 4.78 is 5.12. The largest absolute Gasteiger partial charge is 0.497 e. The number of nitrogens with zero attached hydrogens (tertiary/aromatic N) is 1. The van der Waals surface area contributed by atoms with Crippen molar-refractivity contribution < 1.29 is 14.3 Å². The van der Waals surface area contributed by atoms with Crippen LogP contribution in [0.15, 0.2) is 48.5 Å². The number of anilines is 1. The lowest BCUT2D eigenvalue weighted by Gasteiger charge is -2.20. The summed E-state index contributed by atoms with van der Waals surface area (Å²) in [5.74, 6) is 0.792. The molecule has 0 aromatic heterocycles. The highest BCUT2D eigenvalue weighted by molar-refractivity contribution is 5.94. The molecule has 3 rings (SSSR count). The fourth-order valence-corrected chi connectivity index (χ4v) is 3.38. The van der Waals surface area contributed by atoms with E-state index >= 15 is 0 Å². The van der Waals surface area contributed by atoms with E-state index in [0.29, 0.717) is 12.1 Å². The lowest BCUT2D eigenvalue weighted by molar-refractivity contribution is -0.119. The number of rotatable bonds is 7. The van der Waals surface area contributed by atoms with Crippen LogP contribution in [0.1, 0.15) is 41.6 Å². The Morgan fingerprint density at radius 1 is 0.931 bits per heavy atom. The third-order valence-electron chi connectivity index (χ3n) is 5.13. The molecule has 2 amide bonds. The van der Waals surface area contributed by atoms with Gasteiger partial charge in [0.1, 0.15) is 5.75 Å². The summed E-state index contributed by atoms with van der Waals surface area (Å²) in [5, 5.41) is 5.98. The summed E-state index contributed by atoms with van der Waals surface area (Å²) in [6.45, 7) is 2.32. The molecule has 0 aliphatic carbocycles. The van der Waals surface area contributed by atoms with E-state index in [1.165, 1.54) is 12.8 Å². The van der Waals surface area contributed by atoms with Gasteiger partial charge in [0, 0.05) is 30.9 Å². The normalized spacial score (nSPS) is 14.0. The molecular formula is C23H29N3O3. The lowest BCUT2D eigenvalue weighted by atomic mass is 10.1. The number of hydrogen-bond donors (Lipinski definition) is 2. The van der Waals surface area contributed by atoms with Crippen LogP contribution in [0.5, 0.6) is 5.75 Å². The van der Waals surface area contributed by atoms with Gasteiger partial charge in [-0.15, -0.1) is 0 Å². The number of carbonyl (C=O) groups is 2. The number of methoxy groups -OCH3 is 1. The molecule has 0 radical (unpaired) electrons. The molecule has 0 bridgehead atoms. The third-order valence-corrected chi connectivity index (χ3v) is 5.13. The maximum absolute atomic E-state index is 12.6. The topological polar surface area (TPSA) is 70.7 Å². The summed E-state index contributed by atoms with van der Waals surface area (Å²) in [5.41, 5.74) is 2.52. The van der Waals surface area contributed by atoms with Gasteiger partial charge in [0.2, 0.25) is 5.91 Å². The second kappa shape index (κ2) is 10.5. The van der Waals surface area contributed by atoms with Crippen molar-refractivity contribution in [1.82, 2.24) is 10.2 Å². The Labute approximate surface area is 172 Å². The Balaban J connectivity index is 1.44. The Morgan fingerprint density at radius 2 is 1.59 bits per heavy atom. The maximum Gasteiger partial charge on any atom is 0.253 e. The van der Waals surface area contributed by atoms with Gasteiger partial charge in [0.15, 0.2) is 0 Å². The average molecular weight is 396 g/mol. The first-order valence-corrected chi connectivity index (χ1v) is 10.2. The summed E-state index contributed by atoms with van der Waals surface area (Å²) >= 11 is 0. The van der Waals surface area contributed by atoms with Gasteiger partial charge in [-0.25, -0.2) is 0 Å². The van der Waals surface area contributed by atoms with Crippen LogP contribution in [0.2, 0.25) is 0 Å². The molecule has 29 heavy (non-hydrogen) atoms. The van der Waals surface area contributed by atoms with Gasteiger partial charge in [-0.3, -0.25) is 9.59 Å². The Kier molecular flexibility index (Phi) is 7.50. The summed E-state index contributed by atoms with van der Waals surface area (Å²) in [7, 11) is 1.62. The smallest absolute Gasteiger partial charge is 0.253 e. The molecule has 0 unspecified atom stereocenters. The second-order valence-electron chi connectivity index (χ2n) is 7.26. The fraction of sp³-hybridized carbons (Fsp3) is 0.391. The molecule has 154 valence electrons. The number of amides is 2. The van der Waals surface area contributed by atoms with Crippen molar-refractivity contribution in [2.75, 3.05) is 32.1 Å². The highest BCUT2D eigenvalue weighted by Crippen LogP contribution is 2.15. The van der Waals surface area contributed by atoms with Crippen LogP contribution in [-0.2, 0) is 11.3 Å². The maximum atomic E-state index is 12.6. The Hall–Kier alpha value is -3.02. The second-order valence-corrected chi connectivity index (χ2v) is 7.26. The van der Waals surface area contributed by atoms with Crippen molar-refractivity contribution in [1.29, 1.82) is 0 Å². The van der Waals surface area contributed by atoms with Gasteiger partial charge in [-0.2, -0.15) is 0 Å². The third kappa shape index (κ3) is 6.24. The van der Waals surface area contributed by atoms with Crippen LogP contribution in [0.25, 0.3) is 0 Å². The molecule has 0 spiro atoms. The van der Waals surface area contributed by atoms with Crippen molar-refractivity contribution >= 4 is 17.5 Å². The van der Waals surface area contributed by atoms with Gasteiger partial charge in [0.05, 0.1) is 13.7 Å². The SMILES string of the molecule is COc1ccc(CNC(=O)CNc2ccc(C(=O)N3CCCCCC3)cc2)cc1.